The van der Waals surface area contributed by atoms with Gasteiger partial charge in [-0.1, -0.05) is 6.92 Å². The first kappa shape index (κ1) is 7.82. The van der Waals surface area contributed by atoms with Crippen LogP contribution in [0.3, 0.4) is 0 Å². The summed E-state index contributed by atoms with van der Waals surface area (Å²) in [5, 5.41) is 10.7. The van der Waals surface area contributed by atoms with Crippen molar-refractivity contribution in [3.63, 3.8) is 0 Å². The molecule has 0 amide bonds. The Morgan fingerprint density at radius 1 is 1.80 bits per heavy atom. The minimum atomic E-state index is 0.173. The molecule has 0 aliphatic carbocycles. The first-order valence-electron chi connectivity index (χ1n) is 3.37. The van der Waals surface area contributed by atoms with Crippen LogP contribution in [0.15, 0.2) is 15.4 Å². The molecule has 0 saturated heterocycles. The van der Waals surface area contributed by atoms with E-state index in [-0.39, 0.29) is 6.61 Å². The third kappa shape index (κ3) is 1.85. The zero-order valence-electron chi connectivity index (χ0n) is 6.00. The van der Waals surface area contributed by atoms with Crippen LogP contribution in [0, 0.1) is 0 Å². The van der Waals surface area contributed by atoms with E-state index in [1.54, 1.807) is 0 Å². The van der Waals surface area contributed by atoms with E-state index in [0.717, 1.165) is 18.4 Å². The van der Waals surface area contributed by atoms with Gasteiger partial charge in [0.15, 0.2) is 0 Å². The first-order valence-corrected chi connectivity index (χ1v) is 4.20. The van der Waals surface area contributed by atoms with E-state index < -0.39 is 0 Å². The molecule has 0 aromatic rings. The normalized spacial score (nSPS) is 18.2. The maximum absolute atomic E-state index is 8.77. The smallest absolute Gasteiger partial charge is 0.0654 e. The van der Waals surface area contributed by atoms with Crippen molar-refractivity contribution < 1.29 is 5.11 Å². The Balaban J connectivity index is 2.49. The topological polar surface area (TPSA) is 32.6 Å². The number of hydrogen-bond acceptors (Lipinski definition) is 3. The van der Waals surface area contributed by atoms with Crippen LogP contribution in [0.1, 0.15) is 19.8 Å². The molecule has 1 N–H and O–H groups in total. The second-order valence-corrected chi connectivity index (χ2v) is 2.86. The summed E-state index contributed by atoms with van der Waals surface area (Å²) in [5.74, 6) is 0. The molecule has 1 aliphatic rings. The van der Waals surface area contributed by atoms with Gasteiger partial charge >= 0.3 is 0 Å². The fourth-order valence-electron chi connectivity index (χ4n) is 0.794. The third-order valence-electron chi connectivity index (χ3n) is 1.44. The van der Waals surface area contributed by atoms with Crippen LogP contribution in [0.25, 0.3) is 0 Å². The highest BCUT2D eigenvalue weighted by Crippen LogP contribution is 2.20. The Morgan fingerprint density at radius 2 is 2.60 bits per heavy atom. The molecular weight excluding hydrogens is 146 g/mol. The quantitative estimate of drug-likeness (QED) is 0.619. The van der Waals surface area contributed by atoms with Crippen molar-refractivity contribution in [3.8, 4) is 0 Å². The Hall–Kier alpha value is -0.280. The Kier molecular flexibility index (Phi) is 2.96. The van der Waals surface area contributed by atoms with E-state index >= 15 is 0 Å². The third-order valence-corrected chi connectivity index (χ3v) is 2.25. The van der Waals surface area contributed by atoms with Gasteiger partial charge in [-0.15, -0.1) is 0 Å². The van der Waals surface area contributed by atoms with E-state index in [1.165, 1.54) is 17.7 Å². The van der Waals surface area contributed by atoms with Crippen LogP contribution < -0.4 is 0 Å². The van der Waals surface area contributed by atoms with Gasteiger partial charge in [0.25, 0.3) is 0 Å². The first-order chi connectivity index (χ1) is 4.86. The molecule has 0 radical (unpaired) electrons. The average Bonchev–Trinajstić information content (AvgIpc) is 2.05. The number of nitrogens with zero attached hydrogens (tertiary/aromatic N) is 1. The Morgan fingerprint density at radius 3 is 3.20 bits per heavy atom. The minimum absolute atomic E-state index is 0.173. The predicted octanol–water partition coefficient (Wildman–Crippen LogP) is 1.77. The van der Waals surface area contributed by atoms with Crippen molar-refractivity contribution in [2.75, 3.05) is 6.61 Å². The van der Waals surface area contributed by atoms with E-state index in [0.29, 0.717) is 0 Å². The van der Waals surface area contributed by atoms with Gasteiger partial charge in [0.2, 0.25) is 0 Å². The number of aliphatic hydroxyl groups excluding tert-OH is 1. The zero-order chi connectivity index (χ0) is 7.40. The molecule has 2 nitrogen and oxygen atoms in total. The molecule has 0 fully saturated rings. The zero-order valence-corrected chi connectivity index (χ0v) is 6.82. The molecule has 0 spiro atoms. The summed E-state index contributed by atoms with van der Waals surface area (Å²) in [7, 11) is 0. The van der Waals surface area contributed by atoms with Crippen molar-refractivity contribution in [2.45, 2.75) is 19.8 Å². The molecular formula is C7H11NOS. The van der Waals surface area contributed by atoms with E-state index in [9.17, 15) is 0 Å². The van der Waals surface area contributed by atoms with Gasteiger partial charge in [-0.2, -0.15) is 0 Å². The lowest BCUT2D eigenvalue weighted by molar-refractivity contribution is 0.330. The van der Waals surface area contributed by atoms with Crippen molar-refractivity contribution in [1.29, 1.82) is 0 Å². The van der Waals surface area contributed by atoms with Gasteiger partial charge < -0.3 is 5.11 Å². The predicted molar refractivity (Wildman–Crippen MR) is 45.1 cm³/mol. The summed E-state index contributed by atoms with van der Waals surface area (Å²) in [6.45, 7) is 2.26. The highest BCUT2D eigenvalue weighted by Gasteiger charge is 2.05. The maximum atomic E-state index is 8.77. The van der Waals surface area contributed by atoms with Crippen molar-refractivity contribution in [3.05, 3.63) is 11.0 Å². The lowest BCUT2D eigenvalue weighted by Crippen LogP contribution is -2.03. The summed E-state index contributed by atoms with van der Waals surface area (Å²) in [6, 6.07) is 0. The molecule has 0 atom stereocenters. The molecule has 0 saturated carbocycles. The summed E-state index contributed by atoms with van der Waals surface area (Å²) < 4.78 is 4.19. The van der Waals surface area contributed by atoms with Gasteiger partial charge in [0, 0.05) is 24.1 Å². The molecule has 56 valence electrons. The highest BCUT2D eigenvalue weighted by molar-refractivity contribution is 8.01. The number of aliphatic hydroxyl groups is 1. The monoisotopic (exact) mass is 157 g/mol. The molecule has 3 heteroatoms. The molecule has 0 aromatic carbocycles. The fourth-order valence-corrected chi connectivity index (χ4v) is 1.50. The van der Waals surface area contributed by atoms with Crippen LogP contribution in [-0.2, 0) is 0 Å². The van der Waals surface area contributed by atoms with E-state index in [2.05, 4.69) is 11.3 Å². The Bertz CT molecular complexity index is 156. The average molecular weight is 157 g/mol. The highest BCUT2D eigenvalue weighted by atomic mass is 32.2. The largest absolute Gasteiger partial charge is 0.392 e. The van der Waals surface area contributed by atoms with Gasteiger partial charge in [0.1, 0.15) is 0 Å². The standard InChI is InChI=1S/C7H11NOS/c1-2-7-3-6(4-9)5-10-8-7/h5,9H,2-4H2,1H3. The number of hydrogen-bond donors (Lipinski definition) is 1. The molecule has 10 heavy (non-hydrogen) atoms. The van der Waals surface area contributed by atoms with Gasteiger partial charge in [-0.05, 0) is 17.4 Å². The van der Waals surface area contributed by atoms with Gasteiger partial charge in [-0.25, -0.2) is 4.40 Å². The summed E-state index contributed by atoms with van der Waals surface area (Å²) in [4.78, 5) is 0. The Labute approximate surface area is 65.2 Å². The lowest BCUT2D eigenvalue weighted by Gasteiger charge is -2.09. The fraction of sp³-hybridized carbons (Fsp3) is 0.571. The summed E-state index contributed by atoms with van der Waals surface area (Å²) in [6.07, 6.45) is 1.85. The maximum Gasteiger partial charge on any atom is 0.0654 e. The van der Waals surface area contributed by atoms with Crippen molar-refractivity contribution in [1.82, 2.24) is 0 Å². The van der Waals surface area contributed by atoms with Crippen molar-refractivity contribution >= 4 is 17.7 Å². The summed E-state index contributed by atoms with van der Waals surface area (Å²) >= 11 is 1.43. The van der Waals surface area contributed by atoms with Crippen LogP contribution in [0.5, 0.6) is 0 Å². The van der Waals surface area contributed by atoms with Gasteiger partial charge in [-0.3, -0.25) is 0 Å². The molecule has 1 aliphatic heterocycles. The number of rotatable bonds is 2. The second-order valence-electron chi connectivity index (χ2n) is 2.23. The molecule has 1 heterocycles. The van der Waals surface area contributed by atoms with Gasteiger partial charge in [0.05, 0.1) is 6.61 Å². The SMILES string of the molecule is CCC1=NSC=C(CO)C1. The minimum Gasteiger partial charge on any atom is -0.392 e. The summed E-state index contributed by atoms with van der Waals surface area (Å²) in [5.41, 5.74) is 2.26. The molecule has 0 unspecified atom stereocenters. The molecule has 0 bridgehead atoms. The molecule has 1 rings (SSSR count). The second kappa shape index (κ2) is 3.78. The van der Waals surface area contributed by atoms with Crippen LogP contribution in [0.2, 0.25) is 0 Å². The van der Waals surface area contributed by atoms with Crippen LogP contribution in [-0.4, -0.2) is 17.4 Å². The lowest BCUT2D eigenvalue weighted by atomic mass is 10.1. The molecule has 0 aromatic heterocycles. The van der Waals surface area contributed by atoms with Crippen LogP contribution >= 0.6 is 11.9 Å². The van der Waals surface area contributed by atoms with E-state index in [4.69, 9.17) is 5.11 Å². The van der Waals surface area contributed by atoms with E-state index in [1.807, 2.05) is 5.41 Å². The van der Waals surface area contributed by atoms with Crippen molar-refractivity contribution in [2.24, 2.45) is 4.40 Å². The van der Waals surface area contributed by atoms with Crippen LogP contribution in [0.4, 0.5) is 0 Å².